The average Bonchev–Trinajstić information content (AvgIpc) is 2.87. The predicted molar refractivity (Wildman–Crippen MR) is 87.1 cm³/mol. The quantitative estimate of drug-likeness (QED) is 0.892. The van der Waals surface area contributed by atoms with Gasteiger partial charge >= 0.3 is 0 Å². The van der Waals surface area contributed by atoms with E-state index in [-0.39, 0.29) is 11.8 Å². The molecule has 0 saturated heterocycles. The third-order valence-corrected chi connectivity index (χ3v) is 4.32. The maximum atomic E-state index is 12.3. The van der Waals surface area contributed by atoms with Gasteiger partial charge in [-0.1, -0.05) is 35.9 Å². The molecular weight excluding hydrogens is 284 g/mol. The smallest absolute Gasteiger partial charge is 0.225 e. The number of carbonyl (C=O) groups excluding carboxylic acids is 1. The lowest BCUT2D eigenvalue weighted by atomic mass is 9.97. The fourth-order valence-electron chi connectivity index (χ4n) is 2.71. The van der Waals surface area contributed by atoms with Crippen LogP contribution in [-0.4, -0.2) is 12.5 Å². The van der Waals surface area contributed by atoms with Gasteiger partial charge in [-0.05, 0) is 36.2 Å². The number of hydrogen-bond donors (Lipinski definition) is 2. The van der Waals surface area contributed by atoms with Gasteiger partial charge in [0, 0.05) is 35.3 Å². The van der Waals surface area contributed by atoms with Crippen LogP contribution in [0.4, 0.5) is 11.4 Å². The van der Waals surface area contributed by atoms with Gasteiger partial charge in [0.2, 0.25) is 5.91 Å². The lowest BCUT2D eigenvalue weighted by molar-refractivity contribution is -0.116. The van der Waals surface area contributed by atoms with E-state index in [0.29, 0.717) is 11.4 Å². The van der Waals surface area contributed by atoms with Crippen LogP contribution < -0.4 is 10.6 Å². The van der Waals surface area contributed by atoms with Gasteiger partial charge in [0.15, 0.2) is 0 Å². The standard InChI is InChI=1S/C17H17ClN2O/c1-11-14(18)6-4-8-15(11)20-17(21)9-12-10-19-16-7-3-2-5-13(12)16/h2-8,12,19H,9-10H2,1H3,(H,20,21). The molecule has 1 amide bonds. The van der Waals surface area contributed by atoms with Crippen LogP contribution in [0, 0.1) is 6.92 Å². The monoisotopic (exact) mass is 300 g/mol. The second kappa shape index (κ2) is 5.78. The summed E-state index contributed by atoms with van der Waals surface area (Å²) in [5.74, 6) is 0.240. The molecule has 3 rings (SSSR count). The van der Waals surface area contributed by atoms with Gasteiger partial charge in [-0.2, -0.15) is 0 Å². The maximum Gasteiger partial charge on any atom is 0.225 e. The van der Waals surface area contributed by atoms with E-state index in [1.54, 1.807) is 0 Å². The molecular formula is C17H17ClN2O. The third-order valence-electron chi connectivity index (χ3n) is 3.91. The lowest BCUT2D eigenvalue weighted by Crippen LogP contribution is -2.17. The van der Waals surface area contributed by atoms with Gasteiger partial charge in [0.1, 0.15) is 0 Å². The highest BCUT2D eigenvalue weighted by atomic mass is 35.5. The lowest BCUT2D eigenvalue weighted by Gasteiger charge is -2.12. The molecule has 3 nitrogen and oxygen atoms in total. The van der Waals surface area contributed by atoms with Gasteiger partial charge in [0.05, 0.1) is 0 Å². The summed E-state index contributed by atoms with van der Waals surface area (Å²) in [6.07, 6.45) is 0.468. The number of carbonyl (C=O) groups is 1. The first-order chi connectivity index (χ1) is 10.1. The second-order valence-electron chi connectivity index (χ2n) is 5.33. The molecule has 1 aliphatic rings. The number of amides is 1. The van der Waals surface area contributed by atoms with E-state index in [9.17, 15) is 4.79 Å². The zero-order valence-electron chi connectivity index (χ0n) is 11.8. The molecule has 0 spiro atoms. The molecule has 4 heteroatoms. The molecule has 2 N–H and O–H groups in total. The molecule has 2 aromatic carbocycles. The summed E-state index contributed by atoms with van der Waals surface area (Å²) in [6.45, 7) is 2.71. The van der Waals surface area contributed by atoms with Crippen LogP contribution in [0.2, 0.25) is 5.02 Å². The Balaban J connectivity index is 1.69. The van der Waals surface area contributed by atoms with Crippen molar-refractivity contribution in [3.8, 4) is 0 Å². The van der Waals surface area contributed by atoms with E-state index >= 15 is 0 Å². The molecule has 21 heavy (non-hydrogen) atoms. The number of fused-ring (bicyclic) bond motifs is 1. The Hall–Kier alpha value is -2.00. The molecule has 0 radical (unpaired) electrons. The molecule has 1 atom stereocenters. The molecule has 0 fully saturated rings. The third kappa shape index (κ3) is 2.88. The number of rotatable bonds is 3. The van der Waals surface area contributed by atoms with E-state index in [2.05, 4.69) is 16.7 Å². The van der Waals surface area contributed by atoms with Crippen LogP contribution in [0.3, 0.4) is 0 Å². The first kappa shape index (κ1) is 14.0. The Kier molecular flexibility index (Phi) is 3.84. The summed E-state index contributed by atoms with van der Waals surface area (Å²) in [6, 6.07) is 13.7. The number of halogens is 1. The highest BCUT2D eigenvalue weighted by molar-refractivity contribution is 6.31. The maximum absolute atomic E-state index is 12.3. The van der Waals surface area contributed by atoms with Crippen molar-refractivity contribution in [3.05, 3.63) is 58.6 Å². The van der Waals surface area contributed by atoms with Gasteiger partial charge in [-0.15, -0.1) is 0 Å². The summed E-state index contributed by atoms with van der Waals surface area (Å²) in [4.78, 5) is 12.3. The van der Waals surface area contributed by atoms with E-state index < -0.39 is 0 Å². The highest BCUT2D eigenvalue weighted by Crippen LogP contribution is 2.33. The molecule has 1 heterocycles. The number of hydrogen-bond acceptors (Lipinski definition) is 2. The zero-order valence-corrected chi connectivity index (χ0v) is 12.6. The van der Waals surface area contributed by atoms with Crippen molar-refractivity contribution >= 4 is 28.9 Å². The van der Waals surface area contributed by atoms with Crippen molar-refractivity contribution in [3.63, 3.8) is 0 Å². The first-order valence-electron chi connectivity index (χ1n) is 7.03. The SMILES string of the molecule is Cc1c(Cl)cccc1NC(=O)CC1CNc2ccccc21. The molecule has 108 valence electrons. The summed E-state index contributed by atoms with van der Waals surface area (Å²) in [5.41, 5.74) is 4.04. The van der Waals surface area contributed by atoms with Gasteiger partial charge in [-0.3, -0.25) is 4.79 Å². The molecule has 1 aliphatic heterocycles. The Labute approximate surface area is 129 Å². The number of benzene rings is 2. The molecule has 0 bridgehead atoms. The number of anilines is 2. The van der Waals surface area contributed by atoms with Crippen molar-refractivity contribution in [1.29, 1.82) is 0 Å². The van der Waals surface area contributed by atoms with Crippen LogP contribution in [0.15, 0.2) is 42.5 Å². The Morgan fingerprint density at radius 1 is 1.29 bits per heavy atom. The zero-order chi connectivity index (χ0) is 14.8. The minimum Gasteiger partial charge on any atom is -0.384 e. The summed E-state index contributed by atoms with van der Waals surface area (Å²) in [7, 11) is 0. The number of para-hydroxylation sites is 1. The van der Waals surface area contributed by atoms with Gasteiger partial charge in [-0.25, -0.2) is 0 Å². The van der Waals surface area contributed by atoms with E-state index in [4.69, 9.17) is 11.6 Å². The van der Waals surface area contributed by atoms with E-state index in [0.717, 1.165) is 23.5 Å². The van der Waals surface area contributed by atoms with Crippen LogP contribution >= 0.6 is 11.6 Å². The Morgan fingerprint density at radius 2 is 2.10 bits per heavy atom. The highest BCUT2D eigenvalue weighted by Gasteiger charge is 2.24. The first-order valence-corrected chi connectivity index (χ1v) is 7.40. The summed E-state index contributed by atoms with van der Waals surface area (Å²) >= 11 is 6.07. The minimum absolute atomic E-state index is 0.0175. The fraction of sp³-hybridized carbons (Fsp3) is 0.235. The normalized spacial score (nSPS) is 16.2. The summed E-state index contributed by atoms with van der Waals surface area (Å²) in [5, 5.41) is 6.96. The largest absolute Gasteiger partial charge is 0.384 e. The fourth-order valence-corrected chi connectivity index (χ4v) is 2.88. The Morgan fingerprint density at radius 3 is 2.95 bits per heavy atom. The topological polar surface area (TPSA) is 41.1 Å². The molecule has 2 aromatic rings. The van der Waals surface area contributed by atoms with Crippen molar-refractivity contribution in [2.75, 3.05) is 17.2 Å². The predicted octanol–water partition coefficient (Wildman–Crippen LogP) is 4.19. The molecule has 0 aliphatic carbocycles. The molecule has 0 aromatic heterocycles. The van der Waals surface area contributed by atoms with Crippen molar-refractivity contribution in [2.24, 2.45) is 0 Å². The van der Waals surface area contributed by atoms with Crippen molar-refractivity contribution < 1.29 is 4.79 Å². The van der Waals surface area contributed by atoms with Crippen LogP contribution in [-0.2, 0) is 4.79 Å². The van der Waals surface area contributed by atoms with Crippen molar-refractivity contribution in [1.82, 2.24) is 0 Å². The number of nitrogens with one attached hydrogen (secondary N) is 2. The van der Waals surface area contributed by atoms with Crippen LogP contribution in [0.25, 0.3) is 0 Å². The van der Waals surface area contributed by atoms with Crippen molar-refractivity contribution in [2.45, 2.75) is 19.3 Å². The average molecular weight is 301 g/mol. The minimum atomic E-state index is 0.0175. The van der Waals surface area contributed by atoms with Gasteiger partial charge < -0.3 is 10.6 Å². The molecule has 1 unspecified atom stereocenters. The van der Waals surface area contributed by atoms with E-state index in [1.807, 2.05) is 43.3 Å². The second-order valence-corrected chi connectivity index (χ2v) is 5.74. The molecule has 0 saturated carbocycles. The van der Waals surface area contributed by atoms with Crippen LogP contribution in [0.5, 0.6) is 0 Å². The van der Waals surface area contributed by atoms with E-state index in [1.165, 1.54) is 5.56 Å². The van der Waals surface area contributed by atoms with Crippen LogP contribution in [0.1, 0.15) is 23.5 Å². The van der Waals surface area contributed by atoms with Gasteiger partial charge in [0.25, 0.3) is 0 Å². The Bertz CT molecular complexity index is 684. The summed E-state index contributed by atoms with van der Waals surface area (Å²) < 4.78 is 0.